The number of carbonyl (C=O) groups excluding carboxylic acids is 1. The minimum Gasteiger partial charge on any atom is -0.369 e. The highest BCUT2D eigenvalue weighted by Crippen LogP contribution is 2.30. The maximum Gasteiger partial charge on any atom is 0.231 e. The molecule has 6 heteroatoms. The molecule has 104 valence electrons. The quantitative estimate of drug-likeness (QED) is 0.936. The predicted octanol–water partition coefficient (Wildman–Crippen LogP) is 1.84. The molecule has 0 unspecified atom stereocenters. The number of hydrogen-bond donors (Lipinski definition) is 1. The van der Waals surface area contributed by atoms with E-state index in [-0.39, 0.29) is 12.5 Å². The Balaban J connectivity index is 1.90. The van der Waals surface area contributed by atoms with Gasteiger partial charge >= 0.3 is 0 Å². The molecule has 1 aromatic carbocycles. The van der Waals surface area contributed by atoms with Gasteiger partial charge in [-0.15, -0.1) is 0 Å². The molecule has 0 saturated heterocycles. The van der Waals surface area contributed by atoms with Crippen molar-refractivity contribution in [1.29, 1.82) is 0 Å². The number of hydrogen-bond acceptors (Lipinski definition) is 4. The minimum absolute atomic E-state index is 0.255. The van der Waals surface area contributed by atoms with Gasteiger partial charge in [0.25, 0.3) is 0 Å². The summed E-state index contributed by atoms with van der Waals surface area (Å²) in [6.45, 7) is 1.63. The van der Waals surface area contributed by atoms with Gasteiger partial charge in [-0.3, -0.25) is 9.69 Å². The Hall–Kier alpha value is -1.85. The summed E-state index contributed by atoms with van der Waals surface area (Å²) in [7, 11) is 0. The number of nitrogens with zero attached hydrogens (tertiary/aromatic N) is 2. The van der Waals surface area contributed by atoms with Crippen LogP contribution in [0.1, 0.15) is 11.3 Å². The summed E-state index contributed by atoms with van der Waals surface area (Å²) in [6, 6.07) is 7.46. The Morgan fingerprint density at radius 1 is 1.40 bits per heavy atom. The number of amides is 1. The number of rotatable bonds is 3. The van der Waals surface area contributed by atoms with Crippen molar-refractivity contribution in [2.75, 3.05) is 13.1 Å². The van der Waals surface area contributed by atoms with Crippen LogP contribution >= 0.6 is 11.6 Å². The number of halogens is 1. The summed E-state index contributed by atoms with van der Waals surface area (Å²) < 4.78 is 5.40. The highest BCUT2D eigenvalue weighted by Gasteiger charge is 2.25. The first-order valence-electron chi connectivity index (χ1n) is 6.37. The van der Waals surface area contributed by atoms with E-state index in [4.69, 9.17) is 21.9 Å². The van der Waals surface area contributed by atoms with E-state index < -0.39 is 0 Å². The van der Waals surface area contributed by atoms with Crippen LogP contribution < -0.4 is 5.73 Å². The average Bonchev–Trinajstić information content (AvgIpc) is 2.82. The van der Waals surface area contributed by atoms with E-state index in [9.17, 15) is 4.79 Å². The lowest BCUT2D eigenvalue weighted by Crippen LogP contribution is -2.37. The minimum atomic E-state index is -0.321. The molecule has 0 aliphatic carbocycles. The van der Waals surface area contributed by atoms with Gasteiger partial charge in [0.1, 0.15) is 11.5 Å². The standard InChI is InChI=1S/C14H14ClN3O2/c15-10-3-1-9(2-4-10)14-11-7-18(8-13(16)19)6-5-12(11)20-17-14/h1-4H,5-8H2,(H2,16,19). The summed E-state index contributed by atoms with van der Waals surface area (Å²) >= 11 is 5.89. The third kappa shape index (κ3) is 2.55. The first kappa shape index (κ1) is 13.1. The van der Waals surface area contributed by atoms with Crippen LogP contribution in [-0.4, -0.2) is 29.1 Å². The van der Waals surface area contributed by atoms with Crippen molar-refractivity contribution in [3.8, 4) is 11.3 Å². The van der Waals surface area contributed by atoms with Crippen molar-refractivity contribution in [3.05, 3.63) is 40.6 Å². The SMILES string of the molecule is NC(=O)CN1CCc2onc(-c3ccc(Cl)cc3)c2C1. The van der Waals surface area contributed by atoms with Crippen LogP contribution in [0.2, 0.25) is 5.02 Å². The van der Waals surface area contributed by atoms with E-state index >= 15 is 0 Å². The highest BCUT2D eigenvalue weighted by molar-refractivity contribution is 6.30. The van der Waals surface area contributed by atoms with Gasteiger partial charge in [0, 0.05) is 35.7 Å². The fourth-order valence-corrected chi connectivity index (χ4v) is 2.58. The van der Waals surface area contributed by atoms with Crippen LogP contribution in [0, 0.1) is 0 Å². The highest BCUT2D eigenvalue weighted by atomic mass is 35.5. The zero-order valence-electron chi connectivity index (χ0n) is 10.8. The van der Waals surface area contributed by atoms with E-state index in [0.717, 1.165) is 35.5 Å². The fraction of sp³-hybridized carbons (Fsp3) is 0.286. The summed E-state index contributed by atoms with van der Waals surface area (Å²) in [6.07, 6.45) is 0.739. The molecule has 0 spiro atoms. The predicted molar refractivity (Wildman–Crippen MR) is 75.1 cm³/mol. The monoisotopic (exact) mass is 291 g/mol. The Morgan fingerprint density at radius 3 is 2.85 bits per heavy atom. The molecule has 3 rings (SSSR count). The maximum atomic E-state index is 11.0. The van der Waals surface area contributed by atoms with Crippen LogP contribution in [0.15, 0.2) is 28.8 Å². The molecule has 2 heterocycles. The molecule has 2 aromatic rings. The molecule has 1 aromatic heterocycles. The van der Waals surface area contributed by atoms with Crippen LogP contribution in [-0.2, 0) is 17.8 Å². The van der Waals surface area contributed by atoms with Gasteiger partial charge in [0.2, 0.25) is 5.91 Å². The molecular formula is C14H14ClN3O2. The molecule has 1 aliphatic rings. The van der Waals surface area contributed by atoms with Crippen molar-refractivity contribution in [2.24, 2.45) is 5.73 Å². The van der Waals surface area contributed by atoms with E-state index in [2.05, 4.69) is 5.16 Å². The van der Waals surface area contributed by atoms with Crippen molar-refractivity contribution in [2.45, 2.75) is 13.0 Å². The second-order valence-corrected chi connectivity index (χ2v) is 5.30. The molecule has 1 amide bonds. The normalized spacial score (nSPS) is 15.1. The molecule has 2 N–H and O–H groups in total. The number of nitrogens with two attached hydrogens (primary N) is 1. The zero-order valence-corrected chi connectivity index (χ0v) is 11.6. The van der Waals surface area contributed by atoms with Gasteiger partial charge in [0.05, 0.1) is 6.54 Å². The summed E-state index contributed by atoms with van der Waals surface area (Å²) in [5.41, 5.74) is 8.05. The third-order valence-corrected chi connectivity index (χ3v) is 3.66. The van der Waals surface area contributed by atoms with E-state index in [1.165, 1.54) is 0 Å². The smallest absolute Gasteiger partial charge is 0.231 e. The number of carbonyl (C=O) groups is 1. The molecule has 0 saturated carbocycles. The molecule has 20 heavy (non-hydrogen) atoms. The second kappa shape index (κ2) is 5.26. The Bertz CT molecular complexity index is 636. The second-order valence-electron chi connectivity index (χ2n) is 4.87. The van der Waals surface area contributed by atoms with Crippen molar-refractivity contribution in [1.82, 2.24) is 10.1 Å². The van der Waals surface area contributed by atoms with Gasteiger partial charge in [-0.2, -0.15) is 0 Å². The van der Waals surface area contributed by atoms with Gasteiger partial charge in [-0.1, -0.05) is 28.9 Å². The number of fused-ring (bicyclic) bond motifs is 1. The number of aromatic nitrogens is 1. The summed E-state index contributed by atoms with van der Waals surface area (Å²) in [4.78, 5) is 13.0. The van der Waals surface area contributed by atoms with Crippen molar-refractivity contribution >= 4 is 17.5 Å². The van der Waals surface area contributed by atoms with Crippen molar-refractivity contribution in [3.63, 3.8) is 0 Å². The van der Waals surface area contributed by atoms with E-state index in [1.54, 1.807) is 0 Å². The van der Waals surface area contributed by atoms with E-state index in [1.807, 2.05) is 29.2 Å². The van der Waals surface area contributed by atoms with Gasteiger partial charge in [0.15, 0.2) is 0 Å². The average molecular weight is 292 g/mol. The lowest BCUT2D eigenvalue weighted by atomic mass is 10.0. The zero-order chi connectivity index (χ0) is 14.1. The van der Waals surface area contributed by atoms with Gasteiger partial charge < -0.3 is 10.3 Å². The van der Waals surface area contributed by atoms with Crippen molar-refractivity contribution < 1.29 is 9.32 Å². The first-order valence-corrected chi connectivity index (χ1v) is 6.75. The molecule has 0 atom stereocenters. The molecular weight excluding hydrogens is 278 g/mol. The molecule has 0 fully saturated rings. The van der Waals surface area contributed by atoms with Crippen LogP contribution in [0.25, 0.3) is 11.3 Å². The molecule has 1 aliphatic heterocycles. The third-order valence-electron chi connectivity index (χ3n) is 3.40. The Morgan fingerprint density at radius 2 is 2.15 bits per heavy atom. The van der Waals surface area contributed by atoms with Gasteiger partial charge in [-0.25, -0.2) is 0 Å². The summed E-state index contributed by atoms with van der Waals surface area (Å²) in [5.74, 6) is 0.564. The van der Waals surface area contributed by atoms with Gasteiger partial charge in [-0.05, 0) is 12.1 Å². The topological polar surface area (TPSA) is 72.4 Å². The number of benzene rings is 1. The lowest BCUT2D eigenvalue weighted by molar-refractivity contribution is -0.119. The fourth-order valence-electron chi connectivity index (χ4n) is 2.45. The number of primary amides is 1. The summed E-state index contributed by atoms with van der Waals surface area (Å²) in [5, 5.41) is 4.83. The molecule has 0 radical (unpaired) electrons. The Kier molecular flexibility index (Phi) is 3.46. The first-order chi connectivity index (χ1) is 9.63. The van der Waals surface area contributed by atoms with Crippen LogP contribution in [0.3, 0.4) is 0 Å². The molecule has 5 nitrogen and oxygen atoms in total. The van der Waals surface area contributed by atoms with Crippen LogP contribution in [0.4, 0.5) is 0 Å². The maximum absolute atomic E-state index is 11.0. The van der Waals surface area contributed by atoms with Crippen LogP contribution in [0.5, 0.6) is 0 Å². The lowest BCUT2D eigenvalue weighted by Gasteiger charge is -2.24. The van der Waals surface area contributed by atoms with E-state index in [0.29, 0.717) is 11.6 Å². The molecule has 0 bridgehead atoms. The Labute approximate surface area is 121 Å². The largest absolute Gasteiger partial charge is 0.369 e.